The molecule has 0 unspecified atom stereocenters. The molecule has 0 bridgehead atoms. The molecular formula is C9H5F3N2O2. The molecule has 0 aromatic carbocycles. The van der Waals surface area contributed by atoms with Gasteiger partial charge in [-0.05, 0) is 0 Å². The van der Waals surface area contributed by atoms with Gasteiger partial charge in [0.05, 0.1) is 18.2 Å². The van der Waals surface area contributed by atoms with Crippen molar-refractivity contribution in [1.82, 2.24) is 4.98 Å². The first-order chi connectivity index (χ1) is 7.52. The van der Waals surface area contributed by atoms with Crippen LogP contribution in [-0.4, -0.2) is 18.1 Å². The first kappa shape index (κ1) is 12.0. The van der Waals surface area contributed by atoms with Gasteiger partial charge in [-0.15, -0.1) is 0 Å². The minimum absolute atomic E-state index is 0.507. The number of ether oxygens (including phenoxy) is 1. The summed E-state index contributed by atoms with van der Waals surface area (Å²) in [7, 11) is 0.942. The van der Waals surface area contributed by atoms with Crippen LogP contribution < -0.4 is 0 Å². The van der Waals surface area contributed by atoms with E-state index < -0.39 is 35.0 Å². The third kappa shape index (κ3) is 1.95. The molecule has 16 heavy (non-hydrogen) atoms. The van der Waals surface area contributed by atoms with Gasteiger partial charge in [0.25, 0.3) is 6.43 Å². The maximum atomic E-state index is 13.0. The summed E-state index contributed by atoms with van der Waals surface area (Å²) in [5.74, 6) is -2.49. The number of carbonyl (C=O) groups excluding carboxylic acids is 1. The number of pyridine rings is 1. The molecule has 0 aliphatic rings. The van der Waals surface area contributed by atoms with Crippen LogP contribution in [0.2, 0.25) is 0 Å². The van der Waals surface area contributed by atoms with Gasteiger partial charge in [-0.3, -0.25) is 0 Å². The zero-order valence-electron chi connectivity index (χ0n) is 8.00. The summed E-state index contributed by atoms with van der Waals surface area (Å²) in [6, 6.07) is 1.30. The highest BCUT2D eigenvalue weighted by Crippen LogP contribution is 2.26. The van der Waals surface area contributed by atoms with Crippen LogP contribution in [0.5, 0.6) is 0 Å². The lowest BCUT2D eigenvalue weighted by molar-refractivity contribution is 0.0587. The van der Waals surface area contributed by atoms with Crippen molar-refractivity contribution in [3.8, 4) is 6.07 Å². The van der Waals surface area contributed by atoms with E-state index in [-0.39, 0.29) is 0 Å². The van der Waals surface area contributed by atoms with Crippen LogP contribution in [0.1, 0.15) is 27.9 Å². The topological polar surface area (TPSA) is 63.0 Å². The van der Waals surface area contributed by atoms with E-state index in [4.69, 9.17) is 5.26 Å². The lowest BCUT2D eigenvalue weighted by Gasteiger charge is -2.08. The Bertz CT molecular complexity index is 469. The molecule has 0 aliphatic carbocycles. The average Bonchev–Trinajstić information content (AvgIpc) is 2.27. The maximum absolute atomic E-state index is 13.0. The number of hydrogen-bond acceptors (Lipinski definition) is 4. The first-order valence-corrected chi connectivity index (χ1v) is 3.97. The van der Waals surface area contributed by atoms with Gasteiger partial charge < -0.3 is 4.74 Å². The number of halogens is 3. The van der Waals surface area contributed by atoms with E-state index in [1.54, 1.807) is 0 Å². The summed E-state index contributed by atoms with van der Waals surface area (Å²) in [6.45, 7) is 0. The fourth-order valence-corrected chi connectivity index (χ4v) is 1.09. The number of alkyl halides is 2. The number of nitrogens with zero attached hydrogens (tertiary/aromatic N) is 2. The van der Waals surface area contributed by atoms with E-state index in [1.807, 2.05) is 0 Å². The third-order valence-electron chi connectivity index (χ3n) is 1.80. The van der Waals surface area contributed by atoms with Gasteiger partial charge in [0.15, 0.2) is 0 Å². The smallest absolute Gasteiger partial charge is 0.339 e. The molecule has 0 N–H and O–H groups in total. The number of esters is 1. The Morgan fingerprint density at radius 1 is 1.62 bits per heavy atom. The molecule has 7 heteroatoms. The van der Waals surface area contributed by atoms with Gasteiger partial charge in [0.2, 0.25) is 5.95 Å². The second-order valence-electron chi connectivity index (χ2n) is 2.66. The van der Waals surface area contributed by atoms with Crippen molar-refractivity contribution in [1.29, 1.82) is 5.26 Å². The lowest BCUT2D eigenvalue weighted by atomic mass is 10.1. The molecule has 1 rings (SSSR count). The van der Waals surface area contributed by atoms with E-state index in [0.29, 0.717) is 6.20 Å². The minimum atomic E-state index is -3.05. The Balaban J connectivity index is 3.55. The van der Waals surface area contributed by atoms with Gasteiger partial charge in [-0.25, -0.2) is 18.6 Å². The van der Waals surface area contributed by atoms with Gasteiger partial charge in [-0.1, -0.05) is 0 Å². The normalized spacial score (nSPS) is 10.0. The Morgan fingerprint density at radius 2 is 2.25 bits per heavy atom. The van der Waals surface area contributed by atoms with Gasteiger partial charge in [0.1, 0.15) is 11.6 Å². The number of hydrogen-bond donors (Lipinski definition) is 0. The van der Waals surface area contributed by atoms with E-state index in [0.717, 1.165) is 7.11 Å². The molecule has 1 aromatic rings. The van der Waals surface area contributed by atoms with E-state index >= 15 is 0 Å². The average molecular weight is 230 g/mol. The molecule has 0 aliphatic heterocycles. The van der Waals surface area contributed by atoms with E-state index in [1.165, 1.54) is 6.07 Å². The second kappa shape index (κ2) is 4.61. The Kier molecular flexibility index (Phi) is 3.45. The largest absolute Gasteiger partial charge is 0.465 e. The van der Waals surface area contributed by atoms with E-state index in [9.17, 15) is 18.0 Å². The molecule has 0 saturated heterocycles. The summed E-state index contributed by atoms with van der Waals surface area (Å²) >= 11 is 0. The monoisotopic (exact) mass is 230 g/mol. The standard InChI is InChI=1S/C9H5F3N2O2/c1-16-9(15)6-4(2-13)8(12)14-3-5(6)7(10)11/h3,7H,1H3. The third-order valence-corrected chi connectivity index (χ3v) is 1.80. The molecule has 0 saturated carbocycles. The van der Waals surface area contributed by atoms with E-state index in [2.05, 4.69) is 9.72 Å². The van der Waals surface area contributed by atoms with Crippen molar-refractivity contribution in [2.45, 2.75) is 6.43 Å². The SMILES string of the molecule is COC(=O)c1c(C(F)F)cnc(F)c1C#N. The zero-order chi connectivity index (χ0) is 12.3. The van der Waals surface area contributed by atoms with Crippen LogP contribution in [0.4, 0.5) is 13.2 Å². The summed E-state index contributed by atoms with van der Waals surface area (Å²) in [4.78, 5) is 14.1. The first-order valence-electron chi connectivity index (χ1n) is 3.97. The number of carbonyl (C=O) groups is 1. The molecule has 0 atom stereocenters. The number of nitriles is 1. The van der Waals surface area contributed by atoms with Crippen LogP contribution in [0.3, 0.4) is 0 Å². The van der Waals surface area contributed by atoms with Crippen LogP contribution in [0, 0.1) is 17.3 Å². The van der Waals surface area contributed by atoms with Crippen LogP contribution in [0.25, 0.3) is 0 Å². The molecular weight excluding hydrogens is 225 g/mol. The highest BCUT2D eigenvalue weighted by molar-refractivity contribution is 5.93. The number of aromatic nitrogens is 1. The number of rotatable bonds is 2. The lowest BCUT2D eigenvalue weighted by Crippen LogP contribution is -2.11. The van der Waals surface area contributed by atoms with Crippen molar-refractivity contribution in [3.63, 3.8) is 0 Å². The highest BCUT2D eigenvalue weighted by atomic mass is 19.3. The quantitative estimate of drug-likeness (QED) is 0.574. The number of methoxy groups -OCH3 is 1. The van der Waals surface area contributed by atoms with Crippen molar-refractivity contribution in [3.05, 3.63) is 28.8 Å². The van der Waals surface area contributed by atoms with Crippen molar-refractivity contribution in [2.24, 2.45) is 0 Å². The fourth-order valence-electron chi connectivity index (χ4n) is 1.09. The molecule has 0 fully saturated rings. The second-order valence-corrected chi connectivity index (χ2v) is 2.66. The zero-order valence-corrected chi connectivity index (χ0v) is 8.00. The Hall–Kier alpha value is -2.10. The predicted octanol–water partition coefficient (Wildman–Crippen LogP) is 1.82. The molecule has 0 amide bonds. The van der Waals surface area contributed by atoms with Crippen molar-refractivity contribution in [2.75, 3.05) is 7.11 Å². The minimum Gasteiger partial charge on any atom is -0.465 e. The van der Waals surface area contributed by atoms with Gasteiger partial charge >= 0.3 is 5.97 Å². The molecule has 4 nitrogen and oxygen atoms in total. The molecule has 84 valence electrons. The van der Waals surface area contributed by atoms with Crippen molar-refractivity contribution < 1.29 is 22.7 Å². The predicted molar refractivity (Wildman–Crippen MR) is 45.2 cm³/mol. The van der Waals surface area contributed by atoms with Crippen LogP contribution in [0.15, 0.2) is 6.20 Å². The Labute approximate surface area is 88.3 Å². The molecule has 0 radical (unpaired) electrons. The highest BCUT2D eigenvalue weighted by Gasteiger charge is 2.26. The summed E-state index contributed by atoms with van der Waals surface area (Å²) in [6.07, 6.45) is -2.54. The molecule has 1 aromatic heterocycles. The van der Waals surface area contributed by atoms with Crippen LogP contribution >= 0.6 is 0 Å². The van der Waals surface area contributed by atoms with Gasteiger partial charge in [-0.2, -0.15) is 9.65 Å². The fraction of sp³-hybridized carbons (Fsp3) is 0.222. The summed E-state index contributed by atoms with van der Waals surface area (Å²) in [5, 5.41) is 8.57. The Morgan fingerprint density at radius 3 is 2.69 bits per heavy atom. The van der Waals surface area contributed by atoms with Gasteiger partial charge in [0, 0.05) is 6.20 Å². The summed E-state index contributed by atoms with van der Waals surface area (Å²) in [5.41, 5.74) is -2.46. The van der Waals surface area contributed by atoms with Crippen LogP contribution in [-0.2, 0) is 4.74 Å². The molecule has 1 heterocycles. The summed E-state index contributed by atoms with van der Waals surface area (Å²) < 4.78 is 42.2. The molecule has 0 spiro atoms. The van der Waals surface area contributed by atoms with Crippen molar-refractivity contribution >= 4 is 5.97 Å². The maximum Gasteiger partial charge on any atom is 0.339 e.